The lowest BCUT2D eigenvalue weighted by atomic mass is 10.1. The summed E-state index contributed by atoms with van der Waals surface area (Å²) < 4.78 is 0. The fourth-order valence-electron chi connectivity index (χ4n) is 8.04. The van der Waals surface area contributed by atoms with Crippen LogP contribution in [0.25, 0.3) is 0 Å². The molecule has 4 N–H and O–H groups in total. The average molecular weight is 789 g/mol. The Balaban J connectivity index is 0.000000126. The molecular formula is C41H44Cl3N7O3. The predicted octanol–water partition coefficient (Wildman–Crippen LogP) is 6.99. The Bertz CT molecular complexity index is 2120. The molecule has 282 valence electrons. The van der Waals surface area contributed by atoms with E-state index in [1.165, 1.54) is 11.3 Å². The van der Waals surface area contributed by atoms with Crippen molar-refractivity contribution in [3.8, 4) is 0 Å². The Morgan fingerprint density at radius 1 is 0.722 bits per heavy atom. The molecule has 0 amide bonds. The number of aryl methyl sites for hydroxylation is 1. The lowest BCUT2D eigenvalue weighted by molar-refractivity contribution is -0.113. The summed E-state index contributed by atoms with van der Waals surface area (Å²) in [6.45, 7) is 5.76. The van der Waals surface area contributed by atoms with E-state index in [0.29, 0.717) is 35.1 Å². The number of fused-ring (bicyclic) bond motifs is 1. The molecule has 13 heteroatoms. The van der Waals surface area contributed by atoms with Crippen LogP contribution in [0.5, 0.6) is 0 Å². The van der Waals surface area contributed by atoms with E-state index in [9.17, 15) is 14.4 Å². The number of carbonyl (C=O) groups excluding carboxylic acids is 2. The smallest absolute Gasteiger partial charge is 0.264 e. The average Bonchev–Trinajstić information content (AvgIpc) is 3.98. The van der Waals surface area contributed by atoms with E-state index in [2.05, 4.69) is 72.9 Å². The van der Waals surface area contributed by atoms with Crippen molar-refractivity contribution < 1.29 is 9.59 Å². The van der Waals surface area contributed by atoms with Crippen molar-refractivity contribution in [3.05, 3.63) is 133 Å². The van der Waals surface area contributed by atoms with Crippen molar-refractivity contribution in [2.24, 2.45) is 5.92 Å². The van der Waals surface area contributed by atoms with Crippen LogP contribution in [0.15, 0.2) is 95.1 Å². The third-order valence-electron chi connectivity index (χ3n) is 10.6. The van der Waals surface area contributed by atoms with Crippen molar-refractivity contribution >= 4 is 63.4 Å². The molecule has 2 fully saturated rings. The molecule has 1 aromatic heterocycles. The lowest BCUT2D eigenvalue weighted by Crippen LogP contribution is -2.34. The fourth-order valence-corrected chi connectivity index (χ4v) is 8.84. The molecule has 0 spiro atoms. The zero-order chi connectivity index (χ0) is 37.9. The van der Waals surface area contributed by atoms with Gasteiger partial charge in [0.1, 0.15) is 0 Å². The summed E-state index contributed by atoms with van der Waals surface area (Å²) >= 11 is 18.2. The zero-order valence-electron chi connectivity index (χ0n) is 30.3. The van der Waals surface area contributed by atoms with E-state index >= 15 is 0 Å². The molecule has 3 atom stereocenters. The summed E-state index contributed by atoms with van der Waals surface area (Å²) in [4.78, 5) is 40.6. The quantitative estimate of drug-likeness (QED) is 0.171. The SMILES string of the molecule is CN1c2ccccc2CC1C1=CC(=O)CN1.Cc1cc(Cl)cc(N2CCCC2c2cc(=O)[nH][nH]2)c1.O=C1C=C(C2CCN(c3cc(Cl)cc(Cl)c3)C2)NC1. The third-order valence-corrected chi connectivity index (χ3v) is 11.3. The van der Waals surface area contributed by atoms with Crippen LogP contribution in [0.2, 0.25) is 15.1 Å². The number of benzene rings is 3. The number of carbonyl (C=O) groups is 2. The van der Waals surface area contributed by atoms with Gasteiger partial charge in [0, 0.05) is 101 Å². The molecule has 5 aliphatic rings. The van der Waals surface area contributed by atoms with E-state index in [-0.39, 0.29) is 23.2 Å². The minimum absolute atomic E-state index is 0.0795. The van der Waals surface area contributed by atoms with Crippen molar-refractivity contribution in [1.82, 2.24) is 20.8 Å². The number of aromatic amines is 2. The number of ketones is 2. The lowest BCUT2D eigenvalue weighted by Gasteiger charge is -2.26. The van der Waals surface area contributed by atoms with E-state index < -0.39 is 0 Å². The van der Waals surface area contributed by atoms with Crippen LogP contribution >= 0.6 is 34.8 Å². The van der Waals surface area contributed by atoms with Crippen LogP contribution in [-0.4, -0.2) is 67.6 Å². The van der Waals surface area contributed by atoms with E-state index in [1.807, 2.05) is 31.2 Å². The maximum absolute atomic E-state index is 11.3. The Morgan fingerprint density at radius 3 is 2.06 bits per heavy atom. The summed E-state index contributed by atoms with van der Waals surface area (Å²) in [5.74, 6) is 0.739. The highest BCUT2D eigenvalue weighted by Gasteiger charge is 2.32. The van der Waals surface area contributed by atoms with Crippen molar-refractivity contribution in [2.75, 3.05) is 54.5 Å². The number of halogens is 3. The van der Waals surface area contributed by atoms with Crippen LogP contribution in [0.3, 0.4) is 0 Å². The molecule has 5 aliphatic heterocycles. The number of rotatable bonds is 5. The predicted molar refractivity (Wildman–Crippen MR) is 218 cm³/mol. The number of nitrogens with zero attached hydrogens (tertiary/aromatic N) is 3. The van der Waals surface area contributed by atoms with Crippen LogP contribution in [0.1, 0.15) is 42.1 Å². The van der Waals surface area contributed by atoms with Gasteiger partial charge in [-0.2, -0.15) is 0 Å². The van der Waals surface area contributed by atoms with Gasteiger partial charge in [-0.05, 0) is 79.8 Å². The Morgan fingerprint density at radius 2 is 1.41 bits per heavy atom. The highest BCUT2D eigenvalue weighted by atomic mass is 35.5. The Hall–Kier alpha value is -4.64. The molecule has 0 radical (unpaired) electrons. The number of hydrogen-bond acceptors (Lipinski definition) is 8. The molecule has 6 heterocycles. The minimum atomic E-state index is -0.0795. The van der Waals surface area contributed by atoms with Gasteiger partial charge >= 0.3 is 0 Å². The van der Waals surface area contributed by atoms with Gasteiger partial charge in [0.25, 0.3) is 5.56 Å². The second kappa shape index (κ2) is 16.4. The summed E-state index contributed by atoms with van der Waals surface area (Å²) in [6, 6.07) is 22.2. The van der Waals surface area contributed by atoms with Gasteiger partial charge in [0.2, 0.25) is 0 Å². The zero-order valence-corrected chi connectivity index (χ0v) is 32.6. The number of nitrogens with one attached hydrogen (secondary N) is 4. The minimum Gasteiger partial charge on any atom is -0.381 e. The molecule has 3 unspecified atom stereocenters. The highest BCUT2D eigenvalue weighted by Crippen LogP contribution is 2.37. The molecular weight excluding hydrogens is 745 g/mol. The Kier molecular flexibility index (Phi) is 11.4. The van der Waals surface area contributed by atoms with Crippen LogP contribution in [0.4, 0.5) is 17.1 Å². The second-order valence-corrected chi connectivity index (χ2v) is 15.7. The van der Waals surface area contributed by atoms with E-state index in [4.69, 9.17) is 34.8 Å². The van der Waals surface area contributed by atoms with Crippen molar-refractivity contribution in [3.63, 3.8) is 0 Å². The first-order valence-corrected chi connectivity index (χ1v) is 19.4. The van der Waals surface area contributed by atoms with Crippen LogP contribution in [0, 0.1) is 12.8 Å². The first-order chi connectivity index (χ1) is 26.0. The van der Waals surface area contributed by atoms with Crippen LogP contribution < -0.4 is 30.9 Å². The molecule has 2 saturated heterocycles. The largest absolute Gasteiger partial charge is 0.381 e. The van der Waals surface area contributed by atoms with Gasteiger partial charge in [-0.1, -0.05) is 53.0 Å². The Labute approximate surface area is 330 Å². The first kappa shape index (κ1) is 37.7. The molecule has 4 aromatic rings. The van der Waals surface area contributed by atoms with E-state index in [1.54, 1.807) is 24.3 Å². The fraction of sp³-hybridized carbons (Fsp3) is 0.341. The third kappa shape index (κ3) is 8.67. The summed E-state index contributed by atoms with van der Waals surface area (Å²) in [5.41, 5.74) is 8.94. The summed E-state index contributed by atoms with van der Waals surface area (Å²) in [6.07, 6.45) is 7.66. The number of para-hydroxylation sites is 1. The van der Waals surface area contributed by atoms with Crippen molar-refractivity contribution in [1.29, 1.82) is 0 Å². The summed E-state index contributed by atoms with van der Waals surface area (Å²) in [5, 5.41) is 14.0. The van der Waals surface area contributed by atoms with Gasteiger partial charge in [-0.3, -0.25) is 19.5 Å². The number of likely N-dealkylation sites (N-methyl/N-ethyl adjacent to an activating group) is 1. The monoisotopic (exact) mass is 787 g/mol. The number of H-pyrrole nitrogens is 2. The maximum atomic E-state index is 11.3. The van der Waals surface area contributed by atoms with Gasteiger partial charge in [0.05, 0.1) is 30.9 Å². The maximum Gasteiger partial charge on any atom is 0.264 e. The standard InChI is InChI=1S/C14H14Cl2N2O.C14H16ClN3O.C13H14N2O/c15-10-3-11(16)5-12(4-10)18-2-1-9(8-18)14-6-13(19)7-17-14;1-9-5-10(15)7-11(6-9)18-4-2-3-13(18)12-8-14(19)17-16-12;1-15-12-5-3-2-4-9(12)6-13(15)11-7-10(16)8-14-11/h3-6,9,17H,1-2,7-8H2;5-8,13H,2-4H2,1H3,(H2,16,17,19);2-5,7,13-14H,6,8H2,1H3. The molecule has 9 rings (SSSR count). The van der Waals surface area contributed by atoms with Gasteiger partial charge in [0.15, 0.2) is 11.6 Å². The first-order valence-electron chi connectivity index (χ1n) is 18.3. The normalized spacial score (nSPS) is 21.5. The second-order valence-electron chi connectivity index (χ2n) is 14.4. The van der Waals surface area contributed by atoms with Gasteiger partial charge in [-0.25, -0.2) is 0 Å². The number of hydrogen-bond donors (Lipinski definition) is 4. The number of aromatic nitrogens is 2. The number of anilines is 3. The van der Waals surface area contributed by atoms with Crippen LogP contribution in [-0.2, 0) is 16.0 Å². The molecule has 3 aromatic carbocycles. The van der Waals surface area contributed by atoms with Crippen molar-refractivity contribution in [2.45, 2.75) is 44.7 Å². The molecule has 10 nitrogen and oxygen atoms in total. The molecule has 54 heavy (non-hydrogen) atoms. The van der Waals surface area contributed by atoms with Gasteiger partial charge in [-0.15, -0.1) is 0 Å². The molecule has 0 aliphatic carbocycles. The highest BCUT2D eigenvalue weighted by molar-refractivity contribution is 6.35. The van der Waals surface area contributed by atoms with Gasteiger partial charge < -0.3 is 30.4 Å². The van der Waals surface area contributed by atoms with E-state index in [0.717, 1.165) is 84.4 Å². The summed E-state index contributed by atoms with van der Waals surface area (Å²) in [7, 11) is 2.09. The topological polar surface area (TPSA) is 117 Å². The molecule has 0 saturated carbocycles. The molecule has 0 bridgehead atoms.